The van der Waals surface area contributed by atoms with Gasteiger partial charge in [-0.3, -0.25) is 4.90 Å². The summed E-state index contributed by atoms with van der Waals surface area (Å²) in [5.41, 5.74) is 0. The van der Waals surface area contributed by atoms with Crippen LogP contribution in [0.15, 0.2) is 24.3 Å². The van der Waals surface area contributed by atoms with E-state index in [0.29, 0.717) is 30.2 Å². The van der Waals surface area contributed by atoms with Crippen LogP contribution in [0.1, 0.15) is 12.8 Å². The Morgan fingerprint density at radius 3 is 2.75 bits per heavy atom. The van der Waals surface area contributed by atoms with Gasteiger partial charge in [0, 0.05) is 26.1 Å². The molecule has 0 N–H and O–H groups in total. The molecule has 0 radical (unpaired) electrons. The zero-order valence-electron chi connectivity index (χ0n) is 11.1. The van der Waals surface area contributed by atoms with Gasteiger partial charge in [0.1, 0.15) is 11.9 Å². The fraction of sp³-hybridized carbons (Fsp3) is 0.467. The molecular weight excluding hydrogens is 274 g/mol. The number of rotatable bonds is 6. The van der Waals surface area contributed by atoms with Crippen molar-refractivity contribution in [3.63, 3.8) is 0 Å². The summed E-state index contributed by atoms with van der Waals surface area (Å²) in [7, 11) is 0. The fourth-order valence-corrected chi connectivity index (χ4v) is 2.39. The normalized spacial score (nSPS) is 16.8. The summed E-state index contributed by atoms with van der Waals surface area (Å²) in [6, 6.07) is 11.8. The van der Waals surface area contributed by atoms with Gasteiger partial charge in [-0.25, -0.2) is 0 Å². The van der Waals surface area contributed by atoms with Crippen LogP contribution in [0.4, 0.5) is 0 Å². The van der Waals surface area contributed by atoms with Crippen LogP contribution in [-0.4, -0.2) is 30.6 Å². The van der Waals surface area contributed by atoms with Crippen molar-refractivity contribution in [1.29, 1.82) is 10.5 Å². The van der Waals surface area contributed by atoms with Crippen LogP contribution >= 0.6 is 11.6 Å². The average molecular weight is 290 g/mol. The van der Waals surface area contributed by atoms with Gasteiger partial charge in [0.15, 0.2) is 0 Å². The summed E-state index contributed by atoms with van der Waals surface area (Å²) in [6.07, 6.45) is 1.20. The predicted octanol–water partition coefficient (Wildman–Crippen LogP) is 2.85. The topological polar surface area (TPSA) is 60.0 Å². The van der Waals surface area contributed by atoms with Crippen LogP contribution in [0.3, 0.4) is 0 Å². The summed E-state index contributed by atoms with van der Waals surface area (Å²) in [5, 5.41) is 18.2. The summed E-state index contributed by atoms with van der Waals surface area (Å²) in [4.78, 5) is 2.17. The quantitative estimate of drug-likeness (QED) is 0.808. The van der Waals surface area contributed by atoms with Gasteiger partial charge in [0.25, 0.3) is 0 Å². The second-order valence-electron chi connectivity index (χ2n) is 4.91. The van der Waals surface area contributed by atoms with E-state index in [1.165, 1.54) is 0 Å². The van der Waals surface area contributed by atoms with Crippen molar-refractivity contribution in [1.82, 2.24) is 4.90 Å². The number of halogens is 1. The number of likely N-dealkylation sites (tertiary alicyclic amines) is 1. The largest absolute Gasteiger partial charge is 0.486 e. The lowest BCUT2D eigenvalue weighted by atomic mass is 10.0. The van der Waals surface area contributed by atoms with E-state index in [1.54, 1.807) is 6.07 Å². The first-order chi connectivity index (χ1) is 9.72. The molecule has 1 aromatic carbocycles. The standard InChI is InChI=1S/C15H16ClN3O/c16-14-5-1-2-6-15(14)20-13-10-19(11-13)9-12(8-18)4-3-7-17/h1-2,5-6,12-13H,3-4,9-11H2/t12-/m0/s1. The molecule has 1 aliphatic rings. The molecule has 0 amide bonds. The van der Waals surface area contributed by atoms with Gasteiger partial charge in [-0.2, -0.15) is 10.5 Å². The van der Waals surface area contributed by atoms with Crippen LogP contribution in [-0.2, 0) is 0 Å². The zero-order valence-corrected chi connectivity index (χ0v) is 11.9. The second kappa shape index (κ2) is 7.14. The summed E-state index contributed by atoms with van der Waals surface area (Å²) in [6.45, 7) is 2.31. The molecule has 2 rings (SSSR count). The highest BCUT2D eigenvalue weighted by Crippen LogP contribution is 2.26. The lowest BCUT2D eigenvalue weighted by molar-refractivity contribution is 0.0140. The van der Waals surface area contributed by atoms with E-state index < -0.39 is 0 Å². The zero-order chi connectivity index (χ0) is 14.4. The molecule has 0 unspecified atom stereocenters. The molecule has 1 heterocycles. The maximum absolute atomic E-state index is 9.02. The van der Waals surface area contributed by atoms with Gasteiger partial charge in [0.05, 0.1) is 23.1 Å². The van der Waals surface area contributed by atoms with Gasteiger partial charge in [0.2, 0.25) is 0 Å². The summed E-state index contributed by atoms with van der Waals surface area (Å²) < 4.78 is 5.80. The Balaban J connectivity index is 1.74. The van der Waals surface area contributed by atoms with Crippen LogP contribution < -0.4 is 4.74 Å². The average Bonchev–Trinajstić information content (AvgIpc) is 2.42. The third-order valence-electron chi connectivity index (χ3n) is 3.32. The highest BCUT2D eigenvalue weighted by Gasteiger charge is 2.30. The van der Waals surface area contributed by atoms with Gasteiger partial charge in [-0.05, 0) is 18.6 Å². The molecule has 5 heteroatoms. The minimum atomic E-state index is -0.0732. The van der Waals surface area contributed by atoms with Crippen molar-refractivity contribution in [2.45, 2.75) is 18.9 Å². The third-order valence-corrected chi connectivity index (χ3v) is 3.63. The monoisotopic (exact) mass is 289 g/mol. The first kappa shape index (κ1) is 14.7. The minimum absolute atomic E-state index is 0.0732. The van der Waals surface area contributed by atoms with E-state index in [1.807, 2.05) is 18.2 Å². The minimum Gasteiger partial charge on any atom is -0.486 e. The van der Waals surface area contributed by atoms with E-state index in [-0.39, 0.29) is 12.0 Å². The Bertz CT molecular complexity index is 529. The van der Waals surface area contributed by atoms with Crippen molar-refractivity contribution in [3.05, 3.63) is 29.3 Å². The van der Waals surface area contributed by atoms with Crippen molar-refractivity contribution in [2.24, 2.45) is 5.92 Å². The molecule has 0 bridgehead atoms. The molecular formula is C15H16ClN3O. The van der Waals surface area contributed by atoms with Crippen LogP contribution in [0.5, 0.6) is 5.75 Å². The number of hydrogen-bond acceptors (Lipinski definition) is 4. The van der Waals surface area contributed by atoms with Gasteiger partial charge in [-0.15, -0.1) is 0 Å². The van der Waals surface area contributed by atoms with Crippen molar-refractivity contribution in [3.8, 4) is 17.9 Å². The maximum Gasteiger partial charge on any atom is 0.138 e. The first-order valence-electron chi connectivity index (χ1n) is 6.63. The van der Waals surface area contributed by atoms with Gasteiger partial charge < -0.3 is 4.74 Å². The number of nitrogens with zero attached hydrogens (tertiary/aromatic N) is 3. The van der Waals surface area contributed by atoms with E-state index >= 15 is 0 Å². The second-order valence-corrected chi connectivity index (χ2v) is 5.32. The van der Waals surface area contributed by atoms with Crippen molar-refractivity contribution in [2.75, 3.05) is 19.6 Å². The van der Waals surface area contributed by atoms with Crippen LogP contribution in [0, 0.1) is 28.6 Å². The Morgan fingerprint density at radius 1 is 1.35 bits per heavy atom. The summed E-state index contributed by atoms with van der Waals surface area (Å²) >= 11 is 6.04. The Morgan fingerprint density at radius 2 is 2.10 bits per heavy atom. The van der Waals surface area contributed by atoms with Crippen molar-refractivity contribution < 1.29 is 4.74 Å². The van der Waals surface area contributed by atoms with E-state index in [2.05, 4.69) is 17.0 Å². The molecule has 1 aromatic rings. The number of hydrogen-bond donors (Lipinski definition) is 0. The summed E-state index contributed by atoms with van der Waals surface area (Å²) in [5.74, 6) is 0.635. The number of nitriles is 2. The molecule has 20 heavy (non-hydrogen) atoms. The number of ether oxygens (including phenoxy) is 1. The molecule has 0 aliphatic carbocycles. The predicted molar refractivity (Wildman–Crippen MR) is 76.3 cm³/mol. The maximum atomic E-state index is 9.02. The lowest BCUT2D eigenvalue weighted by Crippen LogP contribution is -2.54. The molecule has 104 valence electrons. The molecule has 0 saturated carbocycles. The number of para-hydroxylation sites is 1. The molecule has 1 saturated heterocycles. The SMILES string of the molecule is N#CCC[C@@H](C#N)CN1CC(Oc2ccccc2Cl)C1. The highest BCUT2D eigenvalue weighted by molar-refractivity contribution is 6.32. The third kappa shape index (κ3) is 3.87. The fourth-order valence-electron chi connectivity index (χ4n) is 2.21. The smallest absolute Gasteiger partial charge is 0.138 e. The first-order valence-corrected chi connectivity index (χ1v) is 7.01. The van der Waals surface area contributed by atoms with Gasteiger partial charge >= 0.3 is 0 Å². The molecule has 4 nitrogen and oxygen atoms in total. The molecule has 1 fully saturated rings. The Labute approximate surface area is 124 Å². The van der Waals surface area contributed by atoms with Crippen molar-refractivity contribution >= 4 is 11.6 Å². The van der Waals surface area contributed by atoms with E-state index in [9.17, 15) is 0 Å². The molecule has 0 spiro atoms. The number of benzene rings is 1. The Hall–Kier alpha value is -1.75. The van der Waals surface area contributed by atoms with Crippen LogP contribution in [0.25, 0.3) is 0 Å². The van der Waals surface area contributed by atoms with E-state index in [0.717, 1.165) is 13.1 Å². The molecule has 0 aromatic heterocycles. The van der Waals surface area contributed by atoms with Gasteiger partial charge in [-0.1, -0.05) is 23.7 Å². The lowest BCUT2D eigenvalue weighted by Gasteiger charge is -2.39. The molecule has 1 aliphatic heterocycles. The highest BCUT2D eigenvalue weighted by atomic mass is 35.5. The van der Waals surface area contributed by atoms with E-state index in [4.69, 9.17) is 26.9 Å². The van der Waals surface area contributed by atoms with Crippen LogP contribution in [0.2, 0.25) is 5.02 Å². The Kier molecular flexibility index (Phi) is 5.24. The molecule has 1 atom stereocenters.